The fourth-order valence-electron chi connectivity index (χ4n) is 10.4. The Balaban J connectivity index is 1.28. The van der Waals surface area contributed by atoms with E-state index < -0.39 is 10.8 Å². The molecule has 0 spiro atoms. The zero-order chi connectivity index (χ0) is 41.7. The van der Waals surface area contributed by atoms with E-state index >= 15 is 0 Å². The lowest BCUT2D eigenvalue weighted by Crippen LogP contribution is -2.46. The molecule has 6 aromatic carbocycles. The van der Waals surface area contributed by atoms with Gasteiger partial charge in [-0.2, -0.15) is 0 Å². The summed E-state index contributed by atoms with van der Waals surface area (Å²) in [6.45, 7) is 14.3. The van der Waals surface area contributed by atoms with Crippen molar-refractivity contribution in [2.75, 3.05) is 0 Å². The summed E-state index contributed by atoms with van der Waals surface area (Å²) in [4.78, 5) is 16.4. The number of aromatic nitrogens is 6. The summed E-state index contributed by atoms with van der Waals surface area (Å²) in [6.07, 6.45) is 8.01. The highest BCUT2D eigenvalue weighted by Gasteiger charge is 2.52. The van der Waals surface area contributed by atoms with E-state index in [4.69, 9.17) is 15.0 Å². The molecule has 10 aromatic rings. The number of rotatable bonds is 8. The number of hydrogen-bond acceptors (Lipinski definition) is 3. The molecule has 0 fully saturated rings. The molecule has 0 aliphatic carbocycles. The second-order valence-corrected chi connectivity index (χ2v) is 18.1. The average molecular weight is 793 g/mol. The fraction of sp³-hybridized carbons (Fsp3) is 0.182. The predicted octanol–water partition coefficient (Wildman–Crippen LogP) is 12.3. The number of fused-ring (bicyclic) bond motifs is 3. The minimum atomic E-state index is -0.753. The van der Waals surface area contributed by atoms with Gasteiger partial charge in [0, 0.05) is 57.8 Å². The Kier molecular flexibility index (Phi) is 8.02. The molecule has 0 saturated heterocycles. The monoisotopic (exact) mass is 792 g/mol. The Morgan fingerprint density at radius 2 is 1.00 bits per heavy atom. The van der Waals surface area contributed by atoms with Crippen molar-refractivity contribution in [1.29, 1.82) is 0 Å². The molecule has 0 amide bonds. The van der Waals surface area contributed by atoms with E-state index in [9.17, 15) is 0 Å². The van der Waals surface area contributed by atoms with Crippen LogP contribution in [0.1, 0.15) is 86.8 Å². The Morgan fingerprint density at radius 1 is 0.475 bits per heavy atom. The Hall–Kier alpha value is -7.05. The van der Waals surface area contributed by atoms with Gasteiger partial charge in [-0.1, -0.05) is 155 Å². The molecule has 11 rings (SSSR count). The Morgan fingerprint density at radius 3 is 1.57 bits per heavy atom. The van der Waals surface area contributed by atoms with Crippen LogP contribution in [0, 0.1) is 0 Å². The van der Waals surface area contributed by atoms with E-state index in [1.165, 1.54) is 27.5 Å². The molecule has 1 aliphatic rings. The summed E-state index contributed by atoms with van der Waals surface area (Å²) in [7, 11) is 0. The first-order valence-electron chi connectivity index (χ1n) is 21.3. The summed E-state index contributed by atoms with van der Waals surface area (Å²) in [6, 6.07) is 56.6. The Labute approximate surface area is 356 Å². The summed E-state index contributed by atoms with van der Waals surface area (Å²) in [5.74, 6) is 1.86. The fourth-order valence-corrected chi connectivity index (χ4v) is 10.4. The largest absolute Gasteiger partial charge is 0.303 e. The van der Waals surface area contributed by atoms with Crippen molar-refractivity contribution < 1.29 is 0 Å². The molecule has 4 aromatic heterocycles. The van der Waals surface area contributed by atoms with Gasteiger partial charge in [-0.3, -0.25) is 4.40 Å². The van der Waals surface area contributed by atoms with Crippen LogP contribution in [-0.2, 0) is 21.7 Å². The number of hydrogen-bond donors (Lipinski definition) is 0. The third kappa shape index (κ3) is 5.05. The lowest BCUT2D eigenvalue weighted by atomic mass is 9.59. The molecule has 298 valence electrons. The molecule has 1 aliphatic heterocycles. The molecule has 0 bridgehead atoms. The highest BCUT2D eigenvalue weighted by atomic mass is 15.1. The maximum Gasteiger partial charge on any atom is 0.145 e. The van der Waals surface area contributed by atoms with E-state index in [1.807, 2.05) is 12.4 Å². The van der Waals surface area contributed by atoms with Crippen LogP contribution < -0.4 is 0 Å². The zero-order valence-electron chi connectivity index (χ0n) is 35.5. The van der Waals surface area contributed by atoms with Gasteiger partial charge in [0.1, 0.15) is 17.3 Å². The number of para-hydroxylation sites is 3. The van der Waals surface area contributed by atoms with Gasteiger partial charge in [0.2, 0.25) is 0 Å². The van der Waals surface area contributed by atoms with E-state index in [-0.39, 0.29) is 10.8 Å². The molecule has 5 heterocycles. The van der Waals surface area contributed by atoms with Crippen LogP contribution in [0.15, 0.2) is 183 Å². The number of imidazole rings is 3. The van der Waals surface area contributed by atoms with Crippen LogP contribution in [-0.4, -0.2) is 28.5 Å². The second-order valence-electron chi connectivity index (χ2n) is 18.1. The molecule has 6 heteroatoms. The van der Waals surface area contributed by atoms with Crippen molar-refractivity contribution >= 4 is 27.3 Å². The number of benzene rings is 6. The van der Waals surface area contributed by atoms with Gasteiger partial charge in [-0.15, -0.1) is 0 Å². The van der Waals surface area contributed by atoms with Crippen LogP contribution in [0.5, 0.6) is 0 Å². The van der Waals surface area contributed by atoms with Gasteiger partial charge in [0.05, 0.1) is 27.7 Å². The van der Waals surface area contributed by atoms with E-state index in [1.54, 1.807) is 0 Å². The number of pyridine rings is 1. The topological polar surface area (TPSA) is 52.9 Å². The van der Waals surface area contributed by atoms with Crippen molar-refractivity contribution in [1.82, 2.24) is 28.5 Å². The third-order valence-corrected chi connectivity index (χ3v) is 14.5. The highest BCUT2D eigenvalue weighted by molar-refractivity contribution is 6.13. The van der Waals surface area contributed by atoms with Crippen molar-refractivity contribution in [3.63, 3.8) is 0 Å². The summed E-state index contributed by atoms with van der Waals surface area (Å²) >= 11 is 0. The third-order valence-electron chi connectivity index (χ3n) is 14.5. The Bertz CT molecular complexity index is 3270. The smallest absolute Gasteiger partial charge is 0.145 e. The van der Waals surface area contributed by atoms with Crippen molar-refractivity contribution in [3.8, 4) is 11.4 Å². The number of nitrogens with zero attached hydrogens (tertiary/aromatic N) is 6. The standard InChI is InChI=1S/C55H48N6/c1-52(2)45-29-19-28-43-42-31-30-39(54(5,37-20-11-7-12-21-37)50-56-32-34-59(50)40-24-15-9-16-25-40)36-44(42)49-58-47(48(53(52,3)4)61(49)46(43)45)55(6,38-22-13-8-14-23-38)51-57-33-35-60(51)41-26-17-10-18-27-41/h7-36H,1-6H3/t54?,55-/m0/s1. The van der Waals surface area contributed by atoms with Gasteiger partial charge in [0.25, 0.3) is 0 Å². The van der Waals surface area contributed by atoms with Crippen molar-refractivity contribution in [3.05, 3.63) is 228 Å². The molecule has 6 nitrogen and oxygen atoms in total. The quantitative estimate of drug-likeness (QED) is 0.144. The van der Waals surface area contributed by atoms with Crippen LogP contribution in [0.2, 0.25) is 0 Å². The summed E-state index contributed by atoms with van der Waals surface area (Å²) < 4.78 is 7.00. The highest BCUT2D eigenvalue weighted by Crippen LogP contribution is 2.55. The van der Waals surface area contributed by atoms with Crippen LogP contribution in [0.25, 0.3) is 38.7 Å². The lowest BCUT2D eigenvalue weighted by Gasteiger charge is -2.47. The first-order chi connectivity index (χ1) is 29.6. The van der Waals surface area contributed by atoms with Crippen LogP contribution in [0.3, 0.4) is 0 Å². The van der Waals surface area contributed by atoms with Crippen molar-refractivity contribution in [2.45, 2.75) is 63.2 Å². The maximum absolute atomic E-state index is 6.01. The first-order valence-corrected chi connectivity index (χ1v) is 21.3. The van der Waals surface area contributed by atoms with E-state index in [0.717, 1.165) is 56.4 Å². The molecule has 61 heavy (non-hydrogen) atoms. The van der Waals surface area contributed by atoms with E-state index in [2.05, 4.69) is 225 Å². The molecular formula is C55H48N6. The molecule has 2 atom stereocenters. The normalized spacial score (nSPS) is 16.2. The molecule has 0 N–H and O–H groups in total. The maximum atomic E-state index is 6.01. The zero-order valence-corrected chi connectivity index (χ0v) is 35.5. The van der Waals surface area contributed by atoms with Gasteiger partial charge < -0.3 is 9.13 Å². The van der Waals surface area contributed by atoms with Crippen LogP contribution in [0.4, 0.5) is 0 Å². The second kappa shape index (κ2) is 13.2. The summed E-state index contributed by atoms with van der Waals surface area (Å²) in [5.41, 5.74) is 9.32. The minimum absolute atomic E-state index is 0.245. The molecule has 1 unspecified atom stereocenters. The predicted molar refractivity (Wildman–Crippen MR) is 247 cm³/mol. The minimum Gasteiger partial charge on any atom is -0.303 e. The van der Waals surface area contributed by atoms with Gasteiger partial charge in [0.15, 0.2) is 0 Å². The van der Waals surface area contributed by atoms with Crippen LogP contribution >= 0.6 is 0 Å². The lowest BCUT2D eigenvalue weighted by molar-refractivity contribution is 0.284. The average Bonchev–Trinajstić information content (AvgIpc) is 4.10. The first kappa shape index (κ1) is 37.0. The summed E-state index contributed by atoms with van der Waals surface area (Å²) in [5, 5.41) is 3.51. The molecular weight excluding hydrogens is 745 g/mol. The van der Waals surface area contributed by atoms with Crippen molar-refractivity contribution in [2.24, 2.45) is 0 Å². The van der Waals surface area contributed by atoms with Gasteiger partial charge in [-0.25, -0.2) is 15.0 Å². The van der Waals surface area contributed by atoms with E-state index in [0.29, 0.717) is 0 Å². The molecule has 0 radical (unpaired) electrons. The molecule has 0 saturated carbocycles. The van der Waals surface area contributed by atoms with Gasteiger partial charge >= 0.3 is 0 Å². The van der Waals surface area contributed by atoms with Gasteiger partial charge in [-0.05, 0) is 71.8 Å². The SMILES string of the molecule is CC(c1ccccc1)(c1ccc2c(c1)c1nc([C@](C)(c3ccccc3)c3nccn3-c3ccccc3)c3n1c1c(cccc21)C(C)(C)C3(C)C)c1nccn1-c1ccccc1.